The molecule has 0 aliphatic carbocycles. The van der Waals surface area contributed by atoms with Crippen molar-refractivity contribution in [3.05, 3.63) is 24.3 Å². The maximum absolute atomic E-state index is 11.8. The second-order valence-corrected chi connectivity index (χ2v) is 7.89. The Bertz CT molecular complexity index is 546. The quantitative estimate of drug-likeness (QED) is 0.278. The van der Waals surface area contributed by atoms with Crippen molar-refractivity contribution in [2.45, 2.75) is 39.5 Å². The van der Waals surface area contributed by atoms with E-state index in [4.69, 9.17) is 9.47 Å². The Labute approximate surface area is 150 Å². The van der Waals surface area contributed by atoms with Crippen molar-refractivity contribution < 1.29 is 27.5 Å². The number of esters is 2. The monoisotopic (exact) mass is 375 g/mol. The second kappa shape index (κ2) is 11.8. The third kappa shape index (κ3) is 11.5. The lowest BCUT2D eigenvalue weighted by Gasteiger charge is -2.19. The zero-order valence-corrected chi connectivity index (χ0v) is 16.2. The number of carbonyl (C=O) groups is 2. The van der Waals surface area contributed by atoms with Gasteiger partial charge in [-0.25, -0.2) is 22.3 Å². The van der Waals surface area contributed by atoms with Gasteiger partial charge in [0.25, 0.3) is 0 Å². The lowest BCUT2D eigenvalue weighted by Crippen LogP contribution is -2.32. The van der Waals surface area contributed by atoms with Gasteiger partial charge < -0.3 is 9.47 Å². The molecule has 0 aromatic heterocycles. The van der Waals surface area contributed by atoms with E-state index in [1.807, 2.05) is 0 Å². The maximum Gasteiger partial charge on any atom is 0.333 e. The molecule has 0 heterocycles. The fourth-order valence-corrected chi connectivity index (χ4v) is 2.72. The molecule has 0 saturated carbocycles. The third-order valence-electron chi connectivity index (χ3n) is 3.24. The van der Waals surface area contributed by atoms with Gasteiger partial charge in [0.1, 0.15) is 0 Å². The number of carbonyl (C=O) groups excluding carboxylic acids is 2. The molecule has 25 heavy (non-hydrogen) atoms. The van der Waals surface area contributed by atoms with Crippen molar-refractivity contribution in [2.24, 2.45) is 0 Å². The highest BCUT2D eigenvalue weighted by atomic mass is 32.2. The lowest BCUT2D eigenvalue weighted by atomic mass is 10.3. The van der Waals surface area contributed by atoms with Crippen molar-refractivity contribution in [3.8, 4) is 0 Å². The minimum atomic E-state index is -3.31. The zero-order valence-electron chi connectivity index (χ0n) is 15.4. The Kier molecular flexibility index (Phi) is 11.0. The van der Waals surface area contributed by atoms with Gasteiger partial charge in [-0.2, -0.15) is 0 Å². The average Bonchev–Trinajstić information content (AvgIpc) is 2.50. The Balaban J connectivity index is 4.06. The van der Waals surface area contributed by atoms with Gasteiger partial charge in [0.05, 0.1) is 19.5 Å². The summed E-state index contributed by atoms with van der Waals surface area (Å²) in [5.41, 5.74) is 0.676. The molecule has 7 nitrogen and oxygen atoms in total. The van der Waals surface area contributed by atoms with Gasteiger partial charge in [-0.1, -0.05) is 13.2 Å². The summed E-state index contributed by atoms with van der Waals surface area (Å²) in [7, 11) is -3.31. The minimum absolute atomic E-state index is 0.236. The lowest BCUT2D eigenvalue weighted by molar-refractivity contribution is -0.139. The predicted molar refractivity (Wildman–Crippen MR) is 96.4 cm³/mol. The molecule has 0 aromatic carbocycles. The van der Waals surface area contributed by atoms with Crippen LogP contribution in [0, 0.1) is 0 Å². The van der Waals surface area contributed by atoms with Crippen LogP contribution in [0.4, 0.5) is 0 Å². The molecule has 0 aromatic rings. The number of rotatable bonds is 13. The molecule has 0 rings (SSSR count). The van der Waals surface area contributed by atoms with Crippen LogP contribution in [0.3, 0.4) is 0 Å². The zero-order chi connectivity index (χ0) is 19.5. The normalized spacial score (nSPS) is 11.2. The van der Waals surface area contributed by atoms with E-state index in [2.05, 4.69) is 13.2 Å². The molecular weight excluding hydrogens is 346 g/mol. The fraction of sp³-hybridized carbons (Fsp3) is 0.647. The van der Waals surface area contributed by atoms with Gasteiger partial charge in [0.15, 0.2) is 0 Å². The van der Waals surface area contributed by atoms with E-state index in [9.17, 15) is 18.0 Å². The van der Waals surface area contributed by atoms with Gasteiger partial charge in [-0.3, -0.25) is 0 Å². The smallest absolute Gasteiger partial charge is 0.333 e. The molecule has 0 unspecified atom stereocenters. The topological polar surface area (TPSA) is 90.0 Å². The first kappa shape index (κ1) is 23.3. The van der Waals surface area contributed by atoms with Gasteiger partial charge >= 0.3 is 11.9 Å². The number of hydrogen-bond donors (Lipinski definition) is 0. The van der Waals surface area contributed by atoms with Crippen LogP contribution in [0.15, 0.2) is 24.3 Å². The highest BCUT2D eigenvalue weighted by Crippen LogP contribution is 2.06. The maximum atomic E-state index is 11.8. The summed E-state index contributed by atoms with van der Waals surface area (Å²) in [6.45, 7) is 11.3. The van der Waals surface area contributed by atoms with Crippen LogP contribution in [0.25, 0.3) is 0 Å². The van der Waals surface area contributed by atoms with Crippen LogP contribution in [-0.4, -0.2) is 57.2 Å². The number of ether oxygens (including phenoxy) is 2. The van der Waals surface area contributed by atoms with Crippen molar-refractivity contribution in [2.75, 3.05) is 32.6 Å². The largest absolute Gasteiger partial charge is 0.462 e. The summed E-state index contributed by atoms with van der Waals surface area (Å²) in [5, 5.41) is 0. The van der Waals surface area contributed by atoms with Crippen LogP contribution in [0.2, 0.25) is 0 Å². The molecule has 0 radical (unpaired) electrons. The number of nitrogens with zero attached hydrogens (tertiary/aromatic N) is 1. The molecule has 0 amide bonds. The Morgan fingerprint density at radius 2 is 1.20 bits per heavy atom. The first-order valence-corrected chi connectivity index (χ1v) is 10.0. The fourth-order valence-electron chi connectivity index (χ4n) is 1.80. The first-order valence-electron chi connectivity index (χ1n) is 8.16. The highest BCUT2D eigenvalue weighted by Gasteiger charge is 2.15. The first-order chi connectivity index (χ1) is 11.6. The van der Waals surface area contributed by atoms with Gasteiger partial charge in [-0.05, 0) is 39.5 Å². The third-order valence-corrected chi connectivity index (χ3v) is 4.54. The van der Waals surface area contributed by atoms with Gasteiger partial charge in [0, 0.05) is 24.2 Å². The summed E-state index contributed by atoms with van der Waals surface area (Å²) >= 11 is 0. The molecule has 0 bridgehead atoms. The molecular formula is C17H29NO6S. The predicted octanol–water partition coefficient (Wildman–Crippen LogP) is 2.05. The number of sulfonamides is 1. The number of hydrogen-bond acceptors (Lipinski definition) is 6. The summed E-state index contributed by atoms with van der Waals surface area (Å²) in [6, 6.07) is 0. The van der Waals surface area contributed by atoms with Crippen molar-refractivity contribution in [1.82, 2.24) is 4.31 Å². The average molecular weight is 375 g/mol. The van der Waals surface area contributed by atoms with Crippen LogP contribution in [0.1, 0.15) is 39.5 Å². The van der Waals surface area contributed by atoms with Crippen LogP contribution < -0.4 is 0 Å². The summed E-state index contributed by atoms with van der Waals surface area (Å²) in [4.78, 5) is 22.4. The second-order valence-electron chi connectivity index (χ2n) is 5.91. The summed E-state index contributed by atoms with van der Waals surface area (Å²) in [5.74, 6) is -0.881. The van der Waals surface area contributed by atoms with E-state index in [0.717, 1.165) is 6.26 Å². The molecule has 0 fully saturated rings. The summed E-state index contributed by atoms with van der Waals surface area (Å²) < 4.78 is 34.9. The molecule has 144 valence electrons. The van der Waals surface area contributed by atoms with Crippen molar-refractivity contribution in [3.63, 3.8) is 0 Å². The Hall–Kier alpha value is -1.67. The van der Waals surface area contributed by atoms with Gasteiger partial charge in [0.2, 0.25) is 10.0 Å². The number of unbranched alkanes of at least 4 members (excludes halogenated alkanes) is 2. The van der Waals surface area contributed by atoms with E-state index in [0.29, 0.717) is 49.9 Å². The molecule has 8 heteroatoms. The molecule has 0 N–H and O–H groups in total. The van der Waals surface area contributed by atoms with Crippen LogP contribution in [-0.2, 0) is 29.1 Å². The molecule has 0 aliphatic heterocycles. The van der Waals surface area contributed by atoms with Crippen molar-refractivity contribution >= 4 is 22.0 Å². The van der Waals surface area contributed by atoms with E-state index in [-0.39, 0.29) is 13.2 Å². The SMILES string of the molecule is C=C(C)C(=O)OCCCCN(CCCCOC(=O)C(=C)C)S(C)(=O)=O. The van der Waals surface area contributed by atoms with Gasteiger partial charge in [-0.15, -0.1) is 0 Å². The highest BCUT2D eigenvalue weighted by molar-refractivity contribution is 7.88. The van der Waals surface area contributed by atoms with E-state index >= 15 is 0 Å². The van der Waals surface area contributed by atoms with Crippen molar-refractivity contribution in [1.29, 1.82) is 0 Å². The van der Waals surface area contributed by atoms with E-state index < -0.39 is 22.0 Å². The standard InChI is InChI=1S/C17H29NO6S/c1-14(2)16(19)23-12-8-6-10-18(25(5,21)22)11-7-9-13-24-17(20)15(3)4/h1,3,6-13H2,2,4-5H3. The van der Waals surface area contributed by atoms with E-state index in [1.165, 1.54) is 4.31 Å². The molecule has 0 aliphatic rings. The Morgan fingerprint density at radius 1 is 0.840 bits per heavy atom. The molecule has 0 saturated heterocycles. The van der Waals surface area contributed by atoms with Crippen LogP contribution >= 0.6 is 0 Å². The van der Waals surface area contributed by atoms with E-state index in [1.54, 1.807) is 13.8 Å². The van der Waals surface area contributed by atoms with Crippen LogP contribution in [0.5, 0.6) is 0 Å². The minimum Gasteiger partial charge on any atom is -0.462 e. The summed E-state index contributed by atoms with van der Waals surface area (Å²) in [6.07, 6.45) is 3.47. The molecule has 0 spiro atoms. The Morgan fingerprint density at radius 3 is 1.48 bits per heavy atom. The molecule has 0 atom stereocenters.